The maximum absolute atomic E-state index is 11.7. The highest BCUT2D eigenvalue weighted by Crippen LogP contribution is 2.06. The molecule has 1 amide bonds. The summed E-state index contributed by atoms with van der Waals surface area (Å²) in [4.78, 5) is 35.6. The molecule has 0 aliphatic carbocycles. The van der Waals surface area contributed by atoms with E-state index >= 15 is 0 Å². The zero-order valence-electron chi connectivity index (χ0n) is 10.8. The smallest absolute Gasteiger partial charge is 0.326 e. The minimum atomic E-state index is -1.02. The predicted octanol–water partition coefficient (Wildman–Crippen LogP) is -0.123. The molecule has 1 fully saturated rings. The van der Waals surface area contributed by atoms with E-state index in [1.165, 1.54) is 0 Å². The molecule has 1 aliphatic heterocycles. The Labute approximate surface area is 106 Å². The monoisotopic (exact) mass is 256 g/mol. The first-order valence-electron chi connectivity index (χ1n) is 6.16. The standard InChI is InChI=1S/C12H20N2O4/c1-8(2)11(12(17)18)13-10(16)7-14-5-3-9(15)4-6-14/h8,11H,3-7H2,1-2H3,(H,13,16)(H,17,18). The second-order valence-corrected chi connectivity index (χ2v) is 4.94. The van der Waals surface area contributed by atoms with Crippen LogP contribution >= 0.6 is 0 Å². The number of carboxylic acid groups (broad SMARTS) is 1. The third-order valence-corrected chi connectivity index (χ3v) is 3.03. The summed E-state index contributed by atoms with van der Waals surface area (Å²) in [6.07, 6.45) is 0.944. The van der Waals surface area contributed by atoms with E-state index in [0.717, 1.165) is 0 Å². The van der Waals surface area contributed by atoms with Crippen LogP contribution in [0.4, 0.5) is 0 Å². The molecule has 1 atom stereocenters. The van der Waals surface area contributed by atoms with Gasteiger partial charge in [-0.05, 0) is 5.92 Å². The number of carboxylic acids is 1. The van der Waals surface area contributed by atoms with Crippen molar-refractivity contribution in [1.29, 1.82) is 0 Å². The molecule has 1 unspecified atom stereocenters. The summed E-state index contributed by atoms with van der Waals surface area (Å²) in [6, 6.07) is -0.857. The van der Waals surface area contributed by atoms with E-state index in [1.807, 2.05) is 4.90 Å². The summed E-state index contributed by atoms with van der Waals surface area (Å²) in [5.74, 6) is -1.26. The number of nitrogens with zero attached hydrogens (tertiary/aromatic N) is 1. The number of amides is 1. The molecule has 6 heteroatoms. The Morgan fingerprint density at radius 3 is 2.33 bits per heavy atom. The number of Topliss-reactive ketones (excluding diaryl/α,β-unsaturated/α-hetero) is 1. The Morgan fingerprint density at radius 1 is 1.33 bits per heavy atom. The number of likely N-dealkylation sites (tertiary alicyclic amines) is 1. The van der Waals surface area contributed by atoms with Crippen LogP contribution in [0.5, 0.6) is 0 Å². The second-order valence-electron chi connectivity index (χ2n) is 4.94. The normalized spacial score (nSPS) is 18.7. The van der Waals surface area contributed by atoms with Gasteiger partial charge >= 0.3 is 5.97 Å². The number of hydrogen-bond acceptors (Lipinski definition) is 4. The lowest BCUT2D eigenvalue weighted by Gasteiger charge is -2.26. The van der Waals surface area contributed by atoms with Gasteiger partial charge in [-0.25, -0.2) is 4.79 Å². The van der Waals surface area contributed by atoms with Gasteiger partial charge in [0.2, 0.25) is 5.91 Å². The van der Waals surface area contributed by atoms with Crippen molar-refractivity contribution in [3.8, 4) is 0 Å². The van der Waals surface area contributed by atoms with Crippen LogP contribution in [0.15, 0.2) is 0 Å². The molecule has 102 valence electrons. The Kier molecular flexibility index (Phi) is 5.27. The summed E-state index contributed by atoms with van der Waals surface area (Å²) in [5.41, 5.74) is 0. The minimum absolute atomic E-state index is 0.157. The third kappa shape index (κ3) is 4.44. The molecule has 18 heavy (non-hydrogen) atoms. The van der Waals surface area contributed by atoms with Gasteiger partial charge in [0.05, 0.1) is 6.54 Å². The van der Waals surface area contributed by atoms with Crippen molar-refractivity contribution in [2.45, 2.75) is 32.7 Å². The van der Waals surface area contributed by atoms with Gasteiger partial charge in [-0.2, -0.15) is 0 Å². The molecular formula is C12H20N2O4. The van der Waals surface area contributed by atoms with Gasteiger partial charge in [0.15, 0.2) is 0 Å². The second kappa shape index (κ2) is 6.49. The maximum atomic E-state index is 11.7. The zero-order valence-corrected chi connectivity index (χ0v) is 10.8. The molecular weight excluding hydrogens is 236 g/mol. The highest BCUT2D eigenvalue weighted by atomic mass is 16.4. The Morgan fingerprint density at radius 2 is 1.89 bits per heavy atom. The third-order valence-electron chi connectivity index (χ3n) is 3.03. The number of hydrogen-bond donors (Lipinski definition) is 2. The molecule has 2 N–H and O–H groups in total. The van der Waals surface area contributed by atoms with Crippen LogP contribution in [0.3, 0.4) is 0 Å². The van der Waals surface area contributed by atoms with Crippen LogP contribution in [-0.4, -0.2) is 53.3 Å². The average molecular weight is 256 g/mol. The van der Waals surface area contributed by atoms with Gasteiger partial charge < -0.3 is 10.4 Å². The highest BCUT2D eigenvalue weighted by Gasteiger charge is 2.25. The van der Waals surface area contributed by atoms with Crippen molar-refractivity contribution in [2.24, 2.45) is 5.92 Å². The fourth-order valence-electron chi connectivity index (χ4n) is 1.90. The molecule has 0 bridgehead atoms. The molecule has 1 rings (SSSR count). The lowest BCUT2D eigenvalue weighted by atomic mass is 10.0. The first-order valence-corrected chi connectivity index (χ1v) is 6.16. The van der Waals surface area contributed by atoms with Gasteiger partial charge in [-0.1, -0.05) is 13.8 Å². The summed E-state index contributed by atoms with van der Waals surface area (Å²) in [6.45, 7) is 4.80. The molecule has 0 spiro atoms. The maximum Gasteiger partial charge on any atom is 0.326 e. The summed E-state index contributed by atoms with van der Waals surface area (Å²) in [5, 5.41) is 11.5. The number of piperidine rings is 1. The minimum Gasteiger partial charge on any atom is -0.480 e. The van der Waals surface area contributed by atoms with Crippen LogP contribution < -0.4 is 5.32 Å². The zero-order chi connectivity index (χ0) is 13.7. The van der Waals surface area contributed by atoms with Gasteiger partial charge in [0.25, 0.3) is 0 Å². The van der Waals surface area contributed by atoms with Crippen molar-refractivity contribution in [3.05, 3.63) is 0 Å². The Hall–Kier alpha value is -1.43. The molecule has 0 saturated carbocycles. The fraction of sp³-hybridized carbons (Fsp3) is 0.750. The molecule has 0 aromatic carbocycles. The van der Waals surface area contributed by atoms with E-state index in [-0.39, 0.29) is 24.2 Å². The SMILES string of the molecule is CC(C)C(NC(=O)CN1CCC(=O)CC1)C(=O)O. The number of carbonyl (C=O) groups excluding carboxylic acids is 2. The number of carbonyl (C=O) groups is 3. The predicted molar refractivity (Wildman–Crippen MR) is 65.1 cm³/mol. The number of aliphatic carboxylic acids is 1. The lowest BCUT2D eigenvalue weighted by molar-refractivity contribution is -0.143. The number of rotatable bonds is 5. The van der Waals surface area contributed by atoms with E-state index in [0.29, 0.717) is 25.9 Å². The van der Waals surface area contributed by atoms with Crippen molar-refractivity contribution >= 4 is 17.7 Å². The number of nitrogens with one attached hydrogen (secondary N) is 1. The number of ketones is 1. The summed E-state index contributed by atoms with van der Waals surface area (Å²) in [7, 11) is 0. The highest BCUT2D eigenvalue weighted by molar-refractivity contribution is 5.85. The lowest BCUT2D eigenvalue weighted by Crippen LogP contribution is -2.49. The summed E-state index contributed by atoms with van der Waals surface area (Å²) < 4.78 is 0. The Balaban J connectivity index is 2.41. The van der Waals surface area contributed by atoms with Gasteiger partial charge in [-0.15, -0.1) is 0 Å². The molecule has 1 heterocycles. The molecule has 6 nitrogen and oxygen atoms in total. The quantitative estimate of drug-likeness (QED) is 0.716. The molecule has 0 aromatic heterocycles. The van der Waals surface area contributed by atoms with E-state index in [2.05, 4.69) is 5.32 Å². The van der Waals surface area contributed by atoms with Gasteiger partial charge in [-0.3, -0.25) is 14.5 Å². The van der Waals surface area contributed by atoms with E-state index in [9.17, 15) is 14.4 Å². The average Bonchev–Trinajstić information content (AvgIpc) is 2.28. The first-order chi connectivity index (χ1) is 8.40. The van der Waals surface area contributed by atoms with Crippen molar-refractivity contribution in [2.75, 3.05) is 19.6 Å². The van der Waals surface area contributed by atoms with E-state index < -0.39 is 12.0 Å². The van der Waals surface area contributed by atoms with Crippen molar-refractivity contribution in [1.82, 2.24) is 10.2 Å². The van der Waals surface area contributed by atoms with Crippen LogP contribution in [0, 0.1) is 5.92 Å². The molecule has 1 aliphatic rings. The van der Waals surface area contributed by atoms with E-state index in [1.54, 1.807) is 13.8 Å². The molecule has 0 aromatic rings. The summed E-state index contributed by atoms with van der Waals surface area (Å²) >= 11 is 0. The first kappa shape index (κ1) is 14.6. The van der Waals surface area contributed by atoms with Crippen LogP contribution in [-0.2, 0) is 14.4 Å². The fourth-order valence-corrected chi connectivity index (χ4v) is 1.90. The Bertz CT molecular complexity index is 331. The largest absolute Gasteiger partial charge is 0.480 e. The van der Waals surface area contributed by atoms with Crippen LogP contribution in [0.1, 0.15) is 26.7 Å². The molecule has 0 radical (unpaired) electrons. The van der Waals surface area contributed by atoms with E-state index in [4.69, 9.17) is 5.11 Å². The van der Waals surface area contributed by atoms with Crippen LogP contribution in [0.25, 0.3) is 0 Å². The van der Waals surface area contributed by atoms with Crippen molar-refractivity contribution in [3.63, 3.8) is 0 Å². The van der Waals surface area contributed by atoms with Crippen LogP contribution in [0.2, 0.25) is 0 Å². The van der Waals surface area contributed by atoms with Gasteiger partial charge in [0, 0.05) is 25.9 Å². The van der Waals surface area contributed by atoms with Crippen molar-refractivity contribution < 1.29 is 19.5 Å². The molecule has 1 saturated heterocycles. The topological polar surface area (TPSA) is 86.7 Å². The van der Waals surface area contributed by atoms with Gasteiger partial charge in [0.1, 0.15) is 11.8 Å².